The summed E-state index contributed by atoms with van der Waals surface area (Å²) in [7, 11) is 0. The Bertz CT molecular complexity index is 1350. The Morgan fingerprint density at radius 1 is 0.627 bits per heavy atom. The van der Waals surface area contributed by atoms with Crippen LogP contribution in [0.15, 0.2) is 0 Å². The predicted octanol–water partition coefficient (Wildman–Crippen LogP) is 4.78. The van der Waals surface area contributed by atoms with Gasteiger partial charge >= 0.3 is 35.8 Å². The van der Waals surface area contributed by atoms with Gasteiger partial charge in [0.15, 0.2) is 13.2 Å². The molecule has 8 unspecified atom stereocenters. The molecule has 13 heteroatoms. The lowest BCUT2D eigenvalue weighted by Crippen LogP contribution is -2.48. The molecule has 0 radical (unpaired) electrons. The number of hydrogen-bond acceptors (Lipinski definition) is 13. The first-order chi connectivity index (χ1) is 24.0. The summed E-state index contributed by atoms with van der Waals surface area (Å²) in [4.78, 5) is 71.9. The molecule has 4 heterocycles. The molecule has 4 aliphatic carbocycles. The first-order valence-electron chi connectivity index (χ1n) is 18.7. The molecule has 8 bridgehead atoms. The van der Waals surface area contributed by atoms with Crippen molar-refractivity contribution in [2.75, 3.05) is 26.4 Å². The molecule has 4 aliphatic heterocycles. The monoisotopic (exact) mass is 720 g/mol. The smallest absolute Gasteiger partial charge is 0.344 e. The van der Waals surface area contributed by atoms with Crippen molar-refractivity contribution >= 4 is 35.8 Å². The molecule has 0 aromatic heterocycles. The van der Waals surface area contributed by atoms with Crippen molar-refractivity contribution in [3.05, 3.63) is 0 Å². The van der Waals surface area contributed by atoms with Gasteiger partial charge in [0.25, 0.3) is 0 Å². The molecular formula is C38H56O13. The van der Waals surface area contributed by atoms with Gasteiger partial charge in [-0.25, -0.2) is 9.59 Å². The SMILES string of the molecule is CCC(C)(C)C(=O)OCC(=O)OCC(=O)OC12CC3CC(C1)OC(=O)C(C3)C2.CCC(C)(C)C(=O)OCCOC12CC3CC(C1)OC(=O)C(C3)C2. The molecule has 8 rings (SSSR count). The lowest BCUT2D eigenvalue weighted by atomic mass is 9.65. The van der Waals surface area contributed by atoms with Gasteiger partial charge in [-0.2, -0.15) is 0 Å². The van der Waals surface area contributed by atoms with Crippen LogP contribution in [0.5, 0.6) is 0 Å². The van der Waals surface area contributed by atoms with Gasteiger partial charge in [-0.3, -0.25) is 19.2 Å². The predicted molar refractivity (Wildman–Crippen MR) is 178 cm³/mol. The maximum atomic E-state index is 12.2. The number of carbonyl (C=O) groups excluding carboxylic acids is 6. The van der Waals surface area contributed by atoms with Crippen LogP contribution in [0, 0.1) is 34.5 Å². The quantitative estimate of drug-likeness (QED) is 0.145. The molecule has 8 atom stereocenters. The molecular weight excluding hydrogens is 664 g/mol. The number of esters is 6. The van der Waals surface area contributed by atoms with Crippen LogP contribution in [-0.2, 0) is 61.9 Å². The van der Waals surface area contributed by atoms with E-state index in [0.29, 0.717) is 44.1 Å². The first kappa shape index (κ1) is 39.0. The van der Waals surface area contributed by atoms with Crippen molar-refractivity contribution in [3.8, 4) is 0 Å². The van der Waals surface area contributed by atoms with Gasteiger partial charge in [0.05, 0.1) is 34.9 Å². The lowest BCUT2D eigenvalue weighted by Gasteiger charge is -2.46. The zero-order valence-electron chi connectivity index (χ0n) is 31.1. The van der Waals surface area contributed by atoms with Gasteiger partial charge in [0.1, 0.15) is 24.4 Å². The van der Waals surface area contributed by atoms with E-state index in [2.05, 4.69) is 0 Å². The number of carbonyl (C=O) groups is 6. The van der Waals surface area contributed by atoms with E-state index in [9.17, 15) is 28.8 Å². The molecule has 0 amide bonds. The normalized spacial score (nSPS) is 33.1. The number of rotatable bonds is 13. The van der Waals surface area contributed by atoms with Crippen molar-refractivity contribution in [2.24, 2.45) is 34.5 Å². The van der Waals surface area contributed by atoms with Gasteiger partial charge < -0.3 is 33.2 Å². The highest BCUT2D eigenvalue weighted by atomic mass is 16.6. The minimum atomic E-state index is -0.807. The first-order valence-corrected chi connectivity index (χ1v) is 18.7. The largest absolute Gasteiger partial charge is 0.463 e. The lowest BCUT2D eigenvalue weighted by molar-refractivity contribution is -0.183. The Morgan fingerprint density at radius 3 is 1.69 bits per heavy atom. The van der Waals surface area contributed by atoms with Crippen molar-refractivity contribution in [3.63, 3.8) is 0 Å². The highest BCUT2D eigenvalue weighted by Crippen LogP contribution is 2.52. The van der Waals surface area contributed by atoms with E-state index in [4.69, 9.17) is 33.2 Å². The topological polar surface area (TPSA) is 167 Å². The maximum Gasteiger partial charge on any atom is 0.344 e. The average Bonchev–Trinajstić information content (AvgIpc) is 3.34. The van der Waals surface area contributed by atoms with Crippen LogP contribution in [0.25, 0.3) is 0 Å². The standard InChI is InChI=1S/C20H28O8.C18H28O5/c1-4-19(2,3)18(24)26-10-15(21)25-11-16(22)28-20-7-12-5-13(8-20)17(23)27-14(6-12)9-20;1-4-17(2,3)16(20)21-5-6-22-18-9-12-7-13(10-18)15(19)23-14(8-12)11-18/h12-14H,4-11H2,1-3H3;12-14H,4-11H2,1-3H3. The Balaban J connectivity index is 0.000000201. The molecule has 8 fully saturated rings. The van der Waals surface area contributed by atoms with E-state index in [0.717, 1.165) is 51.4 Å². The second kappa shape index (κ2) is 15.4. The molecule has 286 valence electrons. The van der Waals surface area contributed by atoms with E-state index in [1.54, 1.807) is 13.8 Å². The van der Waals surface area contributed by atoms with Crippen LogP contribution in [-0.4, -0.2) is 85.7 Å². The summed E-state index contributed by atoms with van der Waals surface area (Å²) in [6, 6.07) is 0. The van der Waals surface area contributed by atoms with Crippen molar-refractivity contribution in [1.29, 1.82) is 0 Å². The fourth-order valence-corrected chi connectivity index (χ4v) is 8.70. The molecule has 0 aromatic rings. The zero-order valence-corrected chi connectivity index (χ0v) is 31.1. The number of hydrogen-bond donors (Lipinski definition) is 0. The zero-order chi connectivity index (χ0) is 37.2. The summed E-state index contributed by atoms with van der Waals surface area (Å²) in [5.41, 5.74) is -2.10. The minimum Gasteiger partial charge on any atom is -0.463 e. The van der Waals surface area contributed by atoms with E-state index < -0.39 is 47.6 Å². The van der Waals surface area contributed by atoms with Gasteiger partial charge in [-0.1, -0.05) is 13.8 Å². The third kappa shape index (κ3) is 9.42. The number of fused-ring (bicyclic) bond motifs is 2. The average molecular weight is 721 g/mol. The Kier molecular flexibility index (Phi) is 11.8. The highest BCUT2D eigenvalue weighted by molar-refractivity contribution is 5.81. The molecule has 13 nitrogen and oxygen atoms in total. The Morgan fingerprint density at radius 2 is 1.12 bits per heavy atom. The summed E-state index contributed by atoms with van der Waals surface area (Å²) in [5.74, 6) is -1.80. The van der Waals surface area contributed by atoms with Crippen LogP contribution in [0.1, 0.15) is 119 Å². The molecule has 4 saturated heterocycles. The molecule has 8 aliphatic rings. The van der Waals surface area contributed by atoms with Crippen LogP contribution < -0.4 is 0 Å². The fraction of sp³-hybridized carbons (Fsp3) is 0.842. The minimum absolute atomic E-state index is 0.00956. The van der Waals surface area contributed by atoms with E-state index >= 15 is 0 Å². The van der Waals surface area contributed by atoms with Gasteiger partial charge in [0.2, 0.25) is 0 Å². The van der Waals surface area contributed by atoms with Crippen molar-refractivity contribution in [2.45, 2.75) is 142 Å². The highest BCUT2D eigenvalue weighted by Gasteiger charge is 2.55. The molecule has 0 aromatic carbocycles. The molecule has 51 heavy (non-hydrogen) atoms. The second-order valence-electron chi connectivity index (χ2n) is 16.9. The molecule has 0 N–H and O–H groups in total. The van der Waals surface area contributed by atoms with Crippen LogP contribution in [0.3, 0.4) is 0 Å². The molecule has 4 saturated carbocycles. The maximum absolute atomic E-state index is 12.2. The van der Waals surface area contributed by atoms with Gasteiger partial charge in [0, 0.05) is 19.3 Å². The summed E-state index contributed by atoms with van der Waals surface area (Å²) >= 11 is 0. The number of ether oxygens (including phenoxy) is 7. The van der Waals surface area contributed by atoms with Crippen LogP contribution >= 0.6 is 0 Å². The van der Waals surface area contributed by atoms with Gasteiger partial charge in [-0.05, 0) is 97.3 Å². The summed E-state index contributed by atoms with van der Waals surface area (Å²) in [6.45, 7) is 10.6. The summed E-state index contributed by atoms with van der Waals surface area (Å²) in [5, 5.41) is 0. The fourth-order valence-electron chi connectivity index (χ4n) is 8.70. The van der Waals surface area contributed by atoms with Gasteiger partial charge in [-0.15, -0.1) is 0 Å². The second-order valence-corrected chi connectivity index (χ2v) is 16.9. The summed E-state index contributed by atoms with van der Waals surface area (Å²) in [6.07, 6.45) is 8.86. The van der Waals surface area contributed by atoms with Crippen LogP contribution in [0.4, 0.5) is 0 Å². The van der Waals surface area contributed by atoms with Crippen molar-refractivity contribution in [1.82, 2.24) is 0 Å². The van der Waals surface area contributed by atoms with Crippen molar-refractivity contribution < 1.29 is 61.9 Å². The third-order valence-electron chi connectivity index (χ3n) is 12.0. The third-order valence-corrected chi connectivity index (χ3v) is 12.0. The van der Waals surface area contributed by atoms with E-state index in [1.165, 1.54) is 0 Å². The Hall–Kier alpha value is -3.22. The van der Waals surface area contributed by atoms with Crippen LogP contribution in [0.2, 0.25) is 0 Å². The summed E-state index contributed by atoms with van der Waals surface area (Å²) < 4.78 is 38.0. The Labute approximate surface area is 300 Å². The molecule has 0 spiro atoms. The van der Waals surface area contributed by atoms with E-state index in [1.807, 2.05) is 27.7 Å². The van der Waals surface area contributed by atoms with E-state index in [-0.39, 0.29) is 54.2 Å².